The lowest BCUT2D eigenvalue weighted by atomic mass is 10.3. The number of ketones is 1. The fourth-order valence-electron chi connectivity index (χ4n) is 1.08. The molecule has 0 aliphatic carbocycles. The maximum atomic E-state index is 11.3. The Bertz CT molecular complexity index is 411. The lowest BCUT2D eigenvalue weighted by Crippen LogP contribution is -2.16. The number of aromatic nitrogens is 2. The predicted molar refractivity (Wildman–Crippen MR) is 59.1 cm³/mol. The van der Waals surface area contributed by atoms with Gasteiger partial charge in [0.15, 0.2) is 0 Å². The third-order valence-corrected chi connectivity index (χ3v) is 1.75. The van der Waals surface area contributed by atoms with Crippen LogP contribution in [0.4, 0.5) is 5.82 Å². The molecule has 0 aromatic carbocycles. The van der Waals surface area contributed by atoms with Crippen molar-refractivity contribution in [3.05, 3.63) is 6.07 Å². The highest BCUT2D eigenvalue weighted by Crippen LogP contribution is 2.16. The molecule has 92 valence electrons. The summed E-state index contributed by atoms with van der Waals surface area (Å²) in [5, 5.41) is 2.45. The summed E-state index contributed by atoms with van der Waals surface area (Å²) >= 11 is 0. The normalized spacial score (nSPS) is 9.59. The summed E-state index contributed by atoms with van der Waals surface area (Å²) in [6.07, 6.45) is -0.200. The summed E-state index contributed by atoms with van der Waals surface area (Å²) in [6.45, 7) is 1.33. The smallest absolute Gasteiger partial charge is 0.321 e. The Morgan fingerprint density at radius 1 is 1.29 bits per heavy atom. The lowest BCUT2D eigenvalue weighted by Gasteiger charge is -2.06. The number of Topliss-reactive ketones (excluding diaryl/α,β-unsaturated/α-hetero) is 1. The van der Waals surface area contributed by atoms with Gasteiger partial charge in [-0.25, -0.2) is 0 Å². The Labute approximate surface area is 98.2 Å². The highest BCUT2D eigenvalue weighted by molar-refractivity contribution is 6.03. The van der Waals surface area contributed by atoms with Gasteiger partial charge in [0.2, 0.25) is 11.8 Å². The minimum atomic E-state index is -0.444. The Morgan fingerprint density at radius 2 is 2.00 bits per heavy atom. The van der Waals surface area contributed by atoms with Crippen LogP contribution < -0.4 is 14.8 Å². The van der Waals surface area contributed by atoms with Gasteiger partial charge >= 0.3 is 6.01 Å². The minimum absolute atomic E-state index is 0.0717. The number of methoxy groups -OCH3 is 2. The molecule has 0 atom stereocenters. The fraction of sp³-hybridized carbons (Fsp3) is 0.400. The maximum absolute atomic E-state index is 11.3. The largest absolute Gasteiger partial charge is 0.481 e. The molecular weight excluding hydrogens is 226 g/mol. The summed E-state index contributed by atoms with van der Waals surface area (Å²) < 4.78 is 9.75. The second kappa shape index (κ2) is 5.78. The van der Waals surface area contributed by atoms with E-state index in [1.54, 1.807) is 0 Å². The topological polar surface area (TPSA) is 90.4 Å². The number of amides is 1. The van der Waals surface area contributed by atoms with Crippen molar-refractivity contribution in [2.24, 2.45) is 0 Å². The van der Waals surface area contributed by atoms with Crippen LogP contribution in [0.1, 0.15) is 13.3 Å². The molecule has 0 radical (unpaired) electrons. The minimum Gasteiger partial charge on any atom is -0.481 e. The molecule has 0 saturated carbocycles. The van der Waals surface area contributed by atoms with Gasteiger partial charge in [-0.05, 0) is 6.92 Å². The molecule has 0 spiro atoms. The van der Waals surface area contributed by atoms with E-state index in [9.17, 15) is 9.59 Å². The van der Waals surface area contributed by atoms with Crippen LogP contribution in [0.3, 0.4) is 0 Å². The van der Waals surface area contributed by atoms with Crippen molar-refractivity contribution in [1.29, 1.82) is 0 Å². The van der Waals surface area contributed by atoms with Crippen molar-refractivity contribution >= 4 is 17.5 Å². The average Bonchev–Trinajstić information content (AvgIpc) is 2.27. The van der Waals surface area contributed by atoms with Crippen molar-refractivity contribution < 1.29 is 19.1 Å². The number of hydrogen-bond acceptors (Lipinski definition) is 6. The van der Waals surface area contributed by atoms with Crippen molar-refractivity contribution in [3.8, 4) is 11.9 Å². The van der Waals surface area contributed by atoms with Gasteiger partial charge in [-0.15, -0.1) is 0 Å². The Hall–Kier alpha value is -2.18. The van der Waals surface area contributed by atoms with Gasteiger partial charge in [-0.2, -0.15) is 9.97 Å². The highest BCUT2D eigenvalue weighted by atomic mass is 16.5. The van der Waals surface area contributed by atoms with Crippen molar-refractivity contribution in [3.63, 3.8) is 0 Å². The van der Waals surface area contributed by atoms with E-state index in [2.05, 4.69) is 15.3 Å². The van der Waals surface area contributed by atoms with Crippen LogP contribution >= 0.6 is 0 Å². The molecule has 1 rings (SSSR count). The van der Waals surface area contributed by atoms with Crippen LogP contribution in [0.2, 0.25) is 0 Å². The number of carbonyl (C=O) groups is 2. The highest BCUT2D eigenvalue weighted by Gasteiger charge is 2.09. The van der Waals surface area contributed by atoms with E-state index in [0.29, 0.717) is 0 Å². The van der Waals surface area contributed by atoms with Crippen molar-refractivity contribution in [2.45, 2.75) is 13.3 Å². The molecule has 0 aliphatic rings. The van der Waals surface area contributed by atoms with Gasteiger partial charge in [0.05, 0.1) is 20.6 Å². The molecule has 1 aromatic heterocycles. The maximum Gasteiger partial charge on any atom is 0.321 e. The lowest BCUT2D eigenvalue weighted by molar-refractivity contribution is -0.124. The number of nitrogens with one attached hydrogen (secondary N) is 1. The molecule has 7 heteroatoms. The molecular formula is C10H13N3O4. The van der Waals surface area contributed by atoms with E-state index in [-0.39, 0.29) is 29.9 Å². The van der Waals surface area contributed by atoms with Crippen LogP contribution in [0.15, 0.2) is 6.07 Å². The summed E-state index contributed by atoms with van der Waals surface area (Å²) in [5.74, 6) is -0.189. The third kappa shape index (κ3) is 4.06. The molecule has 1 heterocycles. The molecule has 7 nitrogen and oxygen atoms in total. The van der Waals surface area contributed by atoms with E-state index in [1.165, 1.54) is 27.2 Å². The van der Waals surface area contributed by atoms with Crippen LogP contribution in [-0.2, 0) is 9.59 Å². The molecule has 1 amide bonds. The molecule has 0 fully saturated rings. The number of ether oxygens (including phenoxy) is 2. The Balaban J connectivity index is 2.82. The van der Waals surface area contributed by atoms with Crippen molar-refractivity contribution in [1.82, 2.24) is 9.97 Å². The predicted octanol–water partition coefficient (Wildman–Crippen LogP) is 0.411. The monoisotopic (exact) mass is 239 g/mol. The average molecular weight is 239 g/mol. The van der Waals surface area contributed by atoms with E-state index in [4.69, 9.17) is 9.47 Å². The first-order valence-corrected chi connectivity index (χ1v) is 4.81. The van der Waals surface area contributed by atoms with E-state index in [0.717, 1.165) is 0 Å². The molecule has 0 aliphatic heterocycles. The Morgan fingerprint density at radius 3 is 2.53 bits per heavy atom. The molecule has 17 heavy (non-hydrogen) atoms. The number of nitrogens with zero attached hydrogens (tertiary/aromatic N) is 2. The summed E-state index contributed by atoms with van der Waals surface area (Å²) in [7, 11) is 2.83. The van der Waals surface area contributed by atoms with E-state index < -0.39 is 5.91 Å². The van der Waals surface area contributed by atoms with Gasteiger partial charge < -0.3 is 14.8 Å². The first kappa shape index (κ1) is 12.9. The number of carbonyl (C=O) groups excluding carboxylic acids is 2. The first-order chi connectivity index (χ1) is 8.05. The number of anilines is 1. The van der Waals surface area contributed by atoms with Crippen LogP contribution in [-0.4, -0.2) is 35.9 Å². The fourth-order valence-corrected chi connectivity index (χ4v) is 1.08. The van der Waals surface area contributed by atoms with Gasteiger partial charge in [-0.1, -0.05) is 0 Å². The zero-order valence-electron chi connectivity index (χ0n) is 9.81. The second-order valence-electron chi connectivity index (χ2n) is 3.21. The molecule has 0 bridgehead atoms. The number of rotatable bonds is 5. The zero-order valence-corrected chi connectivity index (χ0v) is 9.81. The molecule has 1 aromatic rings. The van der Waals surface area contributed by atoms with Crippen LogP contribution in [0.5, 0.6) is 11.9 Å². The SMILES string of the molecule is COc1cc(NC(=O)CC(C)=O)nc(OC)n1. The zero-order chi connectivity index (χ0) is 12.8. The summed E-state index contributed by atoms with van der Waals surface area (Å²) in [4.78, 5) is 29.9. The molecule has 1 N–H and O–H groups in total. The van der Waals surface area contributed by atoms with Gasteiger partial charge in [-0.3, -0.25) is 9.59 Å². The van der Waals surface area contributed by atoms with E-state index >= 15 is 0 Å². The van der Waals surface area contributed by atoms with E-state index in [1.807, 2.05) is 0 Å². The molecule has 0 unspecified atom stereocenters. The summed E-state index contributed by atoms with van der Waals surface area (Å²) in [5.41, 5.74) is 0. The summed E-state index contributed by atoms with van der Waals surface area (Å²) in [6, 6.07) is 1.50. The van der Waals surface area contributed by atoms with Crippen LogP contribution in [0.25, 0.3) is 0 Å². The second-order valence-corrected chi connectivity index (χ2v) is 3.21. The standard InChI is InChI=1S/C10H13N3O4/c1-6(14)4-8(15)11-7-5-9(16-2)13-10(12-7)17-3/h5H,4H2,1-3H3,(H,11,12,13,15). The van der Waals surface area contributed by atoms with Crippen LogP contribution in [0, 0.1) is 0 Å². The number of hydrogen-bond donors (Lipinski definition) is 1. The van der Waals surface area contributed by atoms with Gasteiger partial charge in [0, 0.05) is 6.07 Å². The third-order valence-electron chi connectivity index (χ3n) is 1.75. The van der Waals surface area contributed by atoms with Gasteiger partial charge in [0.25, 0.3) is 0 Å². The van der Waals surface area contributed by atoms with Gasteiger partial charge in [0.1, 0.15) is 11.6 Å². The quantitative estimate of drug-likeness (QED) is 0.748. The first-order valence-electron chi connectivity index (χ1n) is 4.81. The Kier molecular flexibility index (Phi) is 4.38. The molecule has 0 saturated heterocycles. The van der Waals surface area contributed by atoms with Crippen molar-refractivity contribution in [2.75, 3.05) is 19.5 Å².